The molecule has 1 aliphatic rings. The van der Waals surface area contributed by atoms with Crippen LogP contribution in [0.1, 0.15) is 17.3 Å². The summed E-state index contributed by atoms with van der Waals surface area (Å²) in [5, 5.41) is 6.16. The summed E-state index contributed by atoms with van der Waals surface area (Å²) in [4.78, 5) is 32.5. The van der Waals surface area contributed by atoms with Gasteiger partial charge in [-0.15, -0.1) is 0 Å². The van der Waals surface area contributed by atoms with Crippen molar-refractivity contribution in [1.82, 2.24) is 9.88 Å². The first-order valence-electron chi connectivity index (χ1n) is 10.5. The predicted molar refractivity (Wildman–Crippen MR) is 128 cm³/mol. The Balaban J connectivity index is 1.41. The second kappa shape index (κ2) is 9.87. The predicted octanol–water partition coefficient (Wildman–Crippen LogP) is 4.54. The SMILES string of the molecule is CC(=O)N1CCN(c2ccc(C(=O)Nc3ccc(Cl)c(Nc4ccccc4F)c3)cn2)CC1. The highest BCUT2D eigenvalue weighted by Gasteiger charge is 2.20. The van der Waals surface area contributed by atoms with Gasteiger partial charge in [-0.25, -0.2) is 9.37 Å². The normalized spacial score (nSPS) is 13.5. The molecule has 0 spiro atoms. The van der Waals surface area contributed by atoms with Crippen LogP contribution in [0.2, 0.25) is 5.02 Å². The van der Waals surface area contributed by atoms with E-state index < -0.39 is 5.82 Å². The second-order valence-corrected chi connectivity index (χ2v) is 8.06. The third kappa shape index (κ3) is 5.40. The number of rotatable bonds is 5. The molecule has 0 bridgehead atoms. The Bertz CT molecular complexity index is 1160. The summed E-state index contributed by atoms with van der Waals surface area (Å²) < 4.78 is 14.0. The minimum absolute atomic E-state index is 0.0732. The van der Waals surface area contributed by atoms with Crippen molar-refractivity contribution < 1.29 is 14.0 Å². The Morgan fingerprint density at radius 2 is 1.76 bits per heavy atom. The number of nitrogens with zero attached hydrogens (tertiary/aromatic N) is 3. The van der Waals surface area contributed by atoms with Crippen molar-refractivity contribution >= 4 is 46.3 Å². The number of hydrogen-bond acceptors (Lipinski definition) is 5. The fraction of sp³-hybridized carbons (Fsp3) is 0.208. The number of amides is 2. The molecule has 1 fully saturated rings. The number of benzene rings is 2. The zero-order valence-electron chi connectivity index (χ0n) is 18.0. The van der Waals surface area contributed by atoms with Gasteiger partial charge in [-0.1, -0.05) is 23.7 Å². The van der Waals surface area contributed by atoms with Crippen LogP contribution in [0.15, 0.2) is 60.8 Å². The molecule has 0 atom stereocenters. The molecule has 7 nitrogen and oxygen atoms in total. The standard InChI is InChI=1S/C24H23ClFN5O2/c1-16(32)30-10-12-31(13-11-30)23-9-6-17(15-27-23)24(33)28-18-7-8-19(25)22(14-18)29-21-5-3-2-4-20(21)26/h2-9,14-15,29H,10-13H2,1H3,(H,28,33). The van der Waals surface area contributed by atoms with Crippen LogP contribution < -0.4 is 15.5 Å². The molecule has 9 heteroatoms. The number of carbonyl (C=O) groups excluding carboxylic acids is 2. The van der Waals surface area contributed by atoms with E-state index in [0.29, 0.717) is 48.1 Å². The molecule has 170 valence electrons. The number of pyridine rings is 1. The van der Waals surface area contributed by atoms with Crippen molar-refractivity contribution in [3.63, 3.8) is 0 Å². The summed E-state index contributed by atoms with van der Waals surface area (Å²) >= 11 is 6.24. The van der Waals surface area contributed by atoms with E-state index in [1.54, 1.807) is 60.4 Å². The number of hydrogen-bond donors (Lipinski definition) is 2. The van der Waals surface area contributed by atoms with Crippen LogP contribution in [0.3, 0.4) is 0 Å². The van der Waals surface area contributed by atoms with Crippen LogP contribution in [0.4, 0.5) is 27.3 Å². The minimum Gasteiger partial charge on any atom is -0.353 e. The number of piperazine rings is 1. The number of carbonyl (C=O) groups is 2. The first kappa shape index (κ1) is 22.5. The topological polar surface area (TPSA) is 77.6 Å². The molecule has 2 amide bonds. The van der Waals surface area contributed by atoms with Crippen molar-refractivity contribution in [1.29, 1.82) is 0 Å². The van der Waals surface area contributed by atoms with Gasteiger partial charge < -0.3 is 20.4 Å². The summed E-state index contributed by atoms with van der Waals surface area (Å²) in [5.74, 6) is 0.105. The van der Waals surface area contributed by atoms with Gasteiger partial charge in [0.05, 0.1) is 22.0 Å². The van der Waals surface area contributed by atoms with E-state index in [4.69, 9.17) is 11.6 Å². The Morgan fingerprint density at radius 3 is 2.42 bits per heavy atom. The van der Waals surface area contributed by atoms with Crippen LogP contribution in [-0.2, 0) is 4.79 Å². The molecule has 0 aliphatic carbocycles. The van der Waals surface area contributed by atoms with E-state index in [1.165, 1.54) is 12.3 Å². The smallest absolute Gasteiger partial charge is 0.257 e. The van der Waals surface area contributed by atoms with Gasteiger partial charge in [-0.2, -0.15) is 0 Å². The van der Waals surface area contributed by atoms with Crippen molar-refractivity contribution in [2.45, 2.75) is 6.92 Å². The average Bonchev–Trinajstić information content (AvgIpc) is 2.83. The maximum Gasteiger partial charge on any atom is 0.257 e. The first-order valence-corrected chi connectivity index (χ1v) is 10.9. The van der Waals surface area contributed by atoms with Crippen LogP contribution in [-0.4, -0.2) is 47.9 Å². The molecule has 2 heterocycles. The summed E-state index contributed by atoms with van der Waals surface area (Å²) in [6.07, 6.45) is 1.52. The van der Waals surface area contributed by atoms with Gasteiger partial charge in [0.25, 0.3) is 5.91 Å². The zero-order chi connectivity index (χ0) is 23.4. The van der Waals surface area contributed by atoms with Crippen LogP contribution in [0, 0.1) is 5.82 Å². The highest BCUT2D eigenvalue weighted by Crippen LogP contribution is 2.29. The molecule has 1 saturated heterocycles. The maximum absolute atomic E-state index is 14.0. The van der Waals surface area contributed by atoms with Crippen LogP contribution >= 0.6 is 11.6 Å². The van der Waals surface area contributed by atoms with Crippen molar-refractivity contribution in [2.24, 2.45) is 0 Å². The molecule has 3 aromatic rings. The lowest BCUT2D eigenvalue weighted by Crippen LogP contribution is -2.48. The summed E-state index contributed by atoms with van der Waals surface area (Å²) in [6, 6.07) is 14.7. The molecule has 4 rings (SSSR count). The first-order chi connectivity index (χ1) is 15.9. The number of nitrogens with one attached hydrogen (secondary N) is 2. The fourth-order valence-electron chi connectivity index (χ4n) is 3.57. The molecule has 0 saturated carbocycles. The van der Waals surface area contributed by atoms with Gasteiger partial charge in [-0.3, -0.25) is 9.59 Å². The number of anilines is 4. The molecule has 0 radical (unpaired) electrons. The molecular weight excluding hydrogens is 445 g/mol. The van der Waals surface area contributed by atoms with Gasteiger partial charge >= 0.3 is 0 Å². The molecule has 33 heavy (non-hydrogen) atoms. The number of para-hydroxylation sites is 1. The number of halogens is 2. The molecule has 1 aromatic heterocycles. The van der Waals surface area contributed by atoms with E-state index in [1.807, 2.05) is 0 Å². The third-order valence-electron chi connectivity index (χ3n) is 5.43. The van der Waals surface area contributed by atoms with Gasteiger partial charge in [0.1, 0.15) is 11.6 Å². The fourth-order valence-corrected chi connectivity index (χ4v) is 3.73. The van der Waals surface area contributed by atoms with Gasteiger partial charge in [0.15, 0.2) is 0 Å². The number of aromatic nitrogens is 1. The van der Waals surface area contributed by atoms with E-state index in [-0.39, 0.29) is 17.5 Å². The lowest BCUT2D eigenvalue weighted by atomic mass is 10.2. The Hall–Kier alpha value is -3.65. The average molecular weight is 468 g/mol. The Kier molecular flexibility index (Phi) is 6.74. The second-order valence-electron chi connectivity index (χ2n) is 7.65. The van der Waals surface area contributed by atoms with E-state index in [9.17, 15) is 14.0 Å². The van der Waals surface area contributed by atoms with Gasteiger partial charge in [0.2, 0.25) is 5.91 Å². The van der Waals surface area contributed by atoms with Gasteiger partial charge in [0, 0.05) is 45.0 Å². The largest absolute Gasteiger partial charge is 0.353 e. The highest BCUT2D eigenvalue weighted by molar-refractivity contribution is 6.33. The van der Waals surface area contributed by atoms with Gasteiger partial charge in [-0.05, 0) is 42.5 Å². The molecule has 2 N–H and O–H groups in total. The molecule has 1 aliphatic heterocycles. The van der Waals surface area contributed by atoms with Crippen molar-refractivity contribution in [3.8, 4) is 0 Å². The molecule has 0 unspecified atom stereocenters. The zero-order valence-corrected chi connectivity index (χ0v) is 18.8. The summed E-state index contributed by atoms with van der Waals surface area (Å²) in [6.45, 7) is 4.26. The molecule has 2 aromatic carbocycles. The Morgan fingerprint density at radius 1 is 1.00 bits per heavy atom. The quantitative estimate of drug-likeness (QED) is 0.576. The summed E-state index contributed by atoms with van der Waals surface area (Å²) in [7, 11) is 0. The lowest BCUT2D eigenvalue weighted by molar-refractivity contribution is -0.129. The van der Waals surface area contributed by atoms with E-state index in [0.717, 1.165) is 5.82 Å². The van der Waals surface area contributed by atoms with Crippen molar-refractivity contribution in [2.75, 3.05) is 41.7 Å². The minimum atomic E-state index is -0.406. The Labute approximate surface area is 196 Å². The monoisotopic (exact) mass is 467 g/mol. The van der Waals surface area contributed by atoms with E-state index >= 15 is 0 Å². The van der Waals surface area contributed by atoms with Crippen molar-refractivity contribution in [3.05, 3.63) is 77.2 Å². The van der Waals surface area contributed by atoms with Crippen LogP contribution in [0.5, 0.6) is 0 Å². The molecular formula is C24H23ClFN5O2. The van der Waals surface area contributed by atoms with Crippen LogP contribution in [0.25, 0.3) is 0 Å². The maximum atomic E-state index is 14.0. The summed E-state index contributed by atoms with van der Waals surface area (Å²) in [5.41, 5.74) is 1.66. The van der Waals surface area contributed by atoms with E-state index in [2.05, 4.69) is 20.5 Å². The third-order valence-corrected chi connectivity index (χ3v) is 5.76. The lowest BCUT2D eigenvalue weighted by Gasteiger charge is -2.34. The highest BCUT2D eigenvalue weighted by atomic mass is 35.5.